The Morgan fingerprint density at radius 1 is 1.21 bits per heavy atom. The number of ether oxygens (including phenoxy) is 1. The third kappa shape index (κ3) is 3.69. The highest BCUT2D eigenvalue weighted by Gasteiger charge is 2.14. The fourth-order valence-electron chi connectivity index (χ4n) is 1.96. The monoisotopic (exact) mass is 362 g/mol. The van der Waals surface area contributed by atoms with E-state index in [1.807, 2.05) is 25.1 Å². The van der Waals surface area contributed by atoms with Gasteiger partial charge >= 0.3 is 0 Å². The molecular formula is C15H14N4O3S2. The van der Waals surface area contributed by atoms with Gasteiger partial charge in [-0.2, -0.15) is 0 Å². The average molecular weight is 362 g/mol. The maximum atomic E-state index is 12.2. The molecule has 9 heteroatoms. The van der Waals surface area contributed by atoms with Gasteiger partial charge in [-0.1, -0.05) is 11.3 Å². The van der Waals surface area contributed by atoms with Crippen LogP contribution in [0.2, 0.25) is 0 Å². The third-order valence-corrected chi connectivity index (χ3v) is 4.60. The minimum atomic E-state index is -0.369. The van der Waals surface area contributed by atoms with E-state index >= 15 is 0 Å². The molecule has 3 aromatic rings. The second-order valence-electron chi connectivity index (χ2n) is 4.75. The zero-order valence-corrected chi connectivity index (χ0v) is 14.6. The number of carbonyl (C=O) groups excluding carboxylic acids is 2. The van der Waals surface area contributed by atoms with Gasteiger partial charge in [-0.3, -0.25) is 14.9 Å². The summed E-state index contributed by atoms with van der Waals surface area (Å²) in [6, 6.07) is 5.59. The van der Waals surface area contributed by atoms with Crippen LogP contribution in [0.15, 0.2) is 23.6 Å². The number of nitrogens with zero attached hydrogens (tertiary/aromatic N) is 2. The van der Waals surface area contributed by atoms with Gasteiger partial charge in [0.05, 0.1) is 16.8 Å². The molecule has 1 aromatic carbocycles. The van der Waals surface area contributed by atoms with Crippen LogP contribution in [0.3, 0.4) is 0 Å². The van der Waals surface area contributed by atoms with Crippen molar-refractivity contribution in [3.63, 3.8) is 0 Å². The lowest BCUT2D eigenvalue weighted by Crippen LogP contribution is -2.12. The summed E-state index contributed by atoms with van der Waals surface area (Å²) in [6.45, 7) is 3.90. The van der Waals surface area contributed by atoms with Crippen molar-refractivity contribution in [2.75, 3.05) is 17.2 Å². The Morgan fingerprint density at radius 2 is 2.04 bits per heavy atom. The fraction of sp³-hybridized carbons (Fsp3) is 0.200. The molecule has 0 aliphatic carbocycles. The SMILES string of the molecule is CCOc1ccc2nc(NC(=O)c3csc(NC(C)=O)n3)sc2c1. The number of thiazole rings is 2. The molecule has 0 spiro atoms. The molecule has 0 radical (unpaired) electrons. The first-order valence-electron chi connectivity index (χ1n) is 7.13. The van der Waals surface area contributed by atoms with Crippen molar-refractivity contribution in [3.8, 4) is 5.75 Å². The van der Waals surface area contributed by atoms with Crippen LogP contribution in [-0.2, 0) is 4.79 Å². The summed E-state index contributed by atoms with van der Waals surface area (Å²) in [5.41, 5.74) is 1.02. The van der Waals surface area contributed by atoms with Crippen molar-refractivity contribution in [1.29, 1.82) is 0 Å². The topological polar surface area (TPSA) is 93.2 Å². The number of amides is 2. The molecule has 0 aliphatic rings. The lowest BCUT2D eigenvalue weighted by Gasteiger charge is -2.00. The number of hydrogen-bond donors (Lipinski definition) is 2. The number of benzene rings is 1. The van der Waals surface area contributed by atoms with Gasteiger partial charge in [0, 0.05) is 12.3 Å². The predicted octanol–water partition coefficient (Wildman–Crippen LogP) is 3.36. The molecule has 24 heavy (non-hydrogen) atoms. The molecule has 0 saturated heterocycles. The Morgan fingerprint density at radius 3 is 2.79 bits per heavy atom. The van der Waals surface area contributed by atoms with Crippen LogP contribution in [0.1, 0.15) is 24.3 Å². The highest BCUT2D eigenvalue weighted by Crippen LogP contribution is 2.29. The molecule has 0 fully saturated rings. The summed E-state index contributed by atoms with van der Waals surface area (Å²) in [7, 11) is 0. The van der Waals surface area contributed by atoms with Gasteiger partial charge in [0.25, 0.3) is 5.91 Å². The molecule has 2 amide bonds. The van der Waals surface area contributed by atoms with Gasteiger partial charge in [-0.25, -0.2) is 9.97 Å². The van der Waals surface area contributed by atoms with Gasteiger partial charge in [0.15, 0.2) is 10.3 Å². The van der Waals surface area contributed by atoms with Crippen LogP contribution in [0.4, 0.5) is 10.3 Å². The number of hydrogen-bond acceptors (Lipinski definition) is 7. The van der Waals surface area contributed by atoms with Gasteiger partial charge in [-0.15, -0.1) is 11.3 Å². The normalized spacial score (nSPS) is 10.6. The largest absolute Gasteiger partial charge is 0.494 e. The van der Waals surface area contributed by atoms with Gasteiger partial charge in [0.1, 0.15) is 11.4 Å². The number of rotatable bonds is 5. The van der Waals surface area contributed by atoms with E-state index < -0.39 is 0 Å². The zero-order valence-electron chi connectivity index (χ0n) is 13.0. The number of nitrogens with one attached hydrogen (secondary N) is 2. The molecule has 2 N–H and O–H groups in total. The molecule has 0 atom stereocenters. The Kier molecular flexibility index (Phi) is 4.72. The number of fused-ring (bicyclic) bond motifs is 1. The maximum absolute atomic E-state index is 12.2. The zero-order chi connectivity index (χ0) is 17.1. The summed E-state index contributed by atoms with van der Waals surface area (Å²) in [4.78, 5) is 31.7. The van der Waals surface area contributed by atoms with E-state index in [0.29, 0.717) is 16.9 Å². The van der Waals surface area contributed by atoms with Crippen molar-refractivity contribution in [2.24, 2.45) is 0 Å². The summed E-state index contributed by atoms with van der Waals surface area (Å²) >= 11 is 2.55. The average Bonchev–Trinajstić information content (AvgIpc) is 3.12. The Bertz CT molecular complexity index is 903. The van der Waals surface area contributed by atoms with E-state index in [1.165, 1.54) is 29.6 Å². The van der Waals surface area contributed by atoms with Crippen LogP contribution in [0, 0.1) is 0 Å². The van der Waals surface area contributed by atoms with Gasteiger partial charge < -0.3 is 10.1 Å². The van der Waals surface area contributed by atoms with Crippen LogP contribution >= 0.6 is 22.7 Å². The van der Waals surface area contributed by atoms with Gasteiger partial charge in [-0.05, 0) is 25.1 Å². The highest BCUT2D eigenvalue weighted by molar-refractivity contribution is 7.22. The number of carbonyl (C=O) groups is 2. The molecular weight excluding hydrogens is 348 g/mol. The summed E-state index contributed by atoms with van der Waals surface area (Å²) < 4.78 is 6.38. The van der Waals surface area contributed by atoms with Crippen molar-refractivity contribution in [3.05, 3.63) is 29.3 Å². The molecule has 3 rings (SSSR count). The fourth-order valence-corrected chi connectivity index (χ4v) is 3.59. The predicted molar refractivity (Wildman–Crippen MR) is 95.2 cm³/mol. The van der Waals surface area contributed by atoms with E-state index in [2.05, 4.69) is 20.6 Å². The first kappa shape index (κ1) is 16.3. The molecule has 124 valence electrons. The number of aromatic nitrogens is 2. The molecule has 0 saturated carbocycles. The standard InChI is InChI=1S/C15H14N4O3S2/c1-3-22-9-4-5-10-12(6-9)24-15(17-10)19-13(21)11-7-23-14(18-11)16-8(2)20/h4-7H,3H2,1-2H3,(H,16,18,20)(H,17,19,21). The maximum Gasteiger partial charge on any atom is 0.276 e. The first-order chi connectivity index (χ1) is 11.5. The first-order valence-corrected chi connectivity index (χ1v) is 8.82. The lowest BCUT2D eigenvalue weighted by molar-refractivity contribution is -0.114. The van der Waals surface area contributed by atoms with Gasteiger partial charge in [0.2, 0.25) is 5.91 Å². The van der Waals surface area contributed by atoms with E-state index in [1.54, 1.807) is 5.38 Å². The molecule has 0 unspecified atom stereocenters. The van der Waals surface area contributed by atoms with Crippen molar-refractivity contribution in [2.45, 2.75) is 13.8 Å². The minimum absolute atomic E-state index is 0.229. The van der Waals surface area contributed by atoms with Crippen molar-refractivity contribution in [1.82, 2.24) is 9.97 Å². The van der Waals surface area contributed by atoms with E-state index in [9.17, 15) is 9.59 Å². The number of anilines is 2. The van der Waals surface area contributed by atoms with Crippen molar-refractivity contribution < 1.29 is 14.3 Å². The molecule has 2 aromatic heterocycles. The summed E-state index contributed by atoms with van der Waals surface area (Å²) in [5, 5.41) is 7.73. The Labute approximate surface area is 145 Å². The molecule has 0 aliphatic heterocycles. The molecule has 7 nitrogen and oxygen atoms in total. The summed E-state index contributed by atoms with van der Waals surface area (Å²) in [5.74, 6) is 0.172. The molecule has 2 heterocycles. The molecule has 0 bridgehead atoms. The quantitative estimate of drug-likeness (QED) is 0.726. The minimum Gasteiger partial charge on any atom is -0.494 e. The van der Waals surface area contributed by atoms with Crippen LogP contribution in [-0.4, -0.2) is 28.4 Å². The highest BCUT2D eigenvalue weighted by atomic mass is 32.1. The smallest absolute Gasteiger partial charge is 0.276 e. The second-order valence-corrected chi connectivity index (χ2v) is 6.64. The second kappa shape index (κ2) is 6.93. The van der Waals surface area contributed by atoms with Crippen LogP contribution in [0.25, 0.3) is 10.2 Å². The lowest BCUT2D eigenvalue weighted by atomic mass is 10.3. The summed E-state index contributed by atoms with van der Waals surface area (Å²) in [6.07, 6.45) is 0. The Hall–Kier alpha value is -2.52. The Balaban J connectivity index is 1.75. The van der Waals surface area contributed by atoms with Crippen molar-refractivity contribution >= 4 is 55.0 Å². The van der Waals surface area contributed by atoms with E-state index in [0.717, 1.165) is 16.0 Å². The van der Waals surface area contributed by atoms with E-state index in [-0.39, 0.29) is 17.5 Å². The third-order valence-electron chi connectivity index (χ3n) is 2.91. The van der Waals surface area contributed by atoms with Crippen LogP contribution in [0.5, 0.6) is 5.75 Å². The van der Waals surface area contributed by atoms with Crippen LogP contribution < -0.4 is 15.4 Å². The van der Waals surface area contributed by atoms with E-state index in [4.69, 9.17) is 4.74 Å².